The number of hydrogen-bond acceptors (Lipinski definition) is 16. The summed E-state index contributed by atoms with van der Waals surface area (Å²) in [6.07, 6.45) is 1.44. The predicted octanol–water partition coefficient (Wildman–Crippen LogP) is -1.66. The molecule has 4 heterocycles. The minimum atomic E-state index is -2.33. The molecule has 2 aromatic heterocycles. The molecule has 17 nitrogen and oxygen atoms in total. The van der Waals surface area contributed by atoms with Crippen LogP contribution in [0.1, 0.15) is 38.5 Å². The molecule has 2 atom stereocenters. The van der Waals surface area contributed by atoms with Crippen LogP contribution in [0.5, 0.6) is 0 Å². The Morgan fingerprint density at radius 1 is 0.667 bits per heavy atom. The Balaban J connectivity index is 1.78. The minimum absolute atomic E-state index is 0.00804. The first-order valence-corrected chi connectivity index (χ1v) is 15.5. The summed E-state index contributed by atoms with van der Waals surface area (Å²) in [5, 5.41) is 57.4. The van der Waals surface area contributed by atoms with Crippen molar-refractivity contribution in [2.45, 2.75) is 50.7 Å². The molecule has 0 aliphatic carbocycles. The topological polar surface area (TPSA) is 229 Å². The third kappa shape index (κ3) is 8.55. The van der Waals surface area contributed by atoms with Crippen molar-refractivity contribution >= 4 is 46.5 Å². The van der Waals surface area contributed by atoms with Gasteiger partial charge in [0.15, 0.2) is 23.8 Å². The van der Waals surface area contributed by atoms with Crippen LogP contribution in [0.4, 0.5) is 23.5 Å². The number of hydrogen-bond donors (Lipinski definition) is 6. The molecule has 0 bridgehead atoms. The maximum atomic E-state index is 12.1. The van der Waals surface area contributed by atoms with Gasteiger partial charge in [-0.05, 0) is 38.5 Å². The Bertz CT molecular complexity index is 1270. The van der Waals surface area contributed by atoms with Gasteiger partial charge in [0.2, 0.25) is 11.9 Å². The van der Waals surface area contributed by atoms with E-state index in [-0.39, 0.29) is 58.6 Å². The van der Waals surface area contributed by atoms with Crippen LogP contribution in [-0.4, -0.2) is 154 Å². The van der Waals surface area contributed by atoms with Gasteiger partial charge in [-0.15, -0.1) is 0 Å². The number of aliphatic hydroxyl groups is 5. The molecule has 2 aromatic rings. The number of aliphatic hydroxyl groups excluding tert-OH is 5. The van der Waals surface area contributed by atoms with E-state index in [0.29, 0.717) is 28.6 Å². The van der Waals surface area contributed by atoms with Gasteiger partial charge in [-0.3, -0.25) is 0 Å². The van der Waals surface area contributed by atoms with Crippen molar-refractivity contribution in [2.24, 2.45) is 0 Å². The summed E-state index contributed by atoms with van der Waals surface area (Å²) in [5.41, 5.74) is 1.02. The highest BCUT2D eigenvalue weighted by molar-refractivity contribution is 5.95. The second-order valence-corrected chi connectivity index (χ2v) is 11.0. The monoisotopic (exact) mass is 636 g/mol. The highest BCUT2D eigenvalue weighted by Crippen LogP contribution is 2.34. The number of carboxylic acids is 1. The van der Waals surface area contributed by atoms with Gasteiger partial charge >= 0.3 is 11.9 Å². The van der Waals surface area contributed by atoms with Crippen LogP contribution in [0, 0.1) is 0 Å². The van der Waals surface area contributed by atoms with Crippen molar-refractivity contribution in [1.29, 1.82) is 0 Å². The summed E-state index contributed by atoms with van der Waals surface area (Å²) >= 11 is 0. The summed E-state index contributed by atoms with van der Waals surface area (Å²) in [4.78, 5) is 50.3. The highest BCUT2D eigenvalue weighted by Gasteiger charge is 2.32. The molecule has 0 radical (unpaired) electrons. The third-order valence-corrected chi connectivity index (χ3v) is 7.87. The number of rotatable bonds is 16. The van der Waals surface area contributed by atoms with Crippen LogP contribution >= 0.6 is 0 Å². The van der Waals surface area contributed by atoms with E-state index in [1.165, 1.54) is 0 Å². The lowest BCUT2D eigenvalue weighted by molar-refractivity contribution is -0.169. The molecule has 45 heavy (non-hydrogen) atoms. The van der Waals surface area contributed by atoms with E-state index in [0.717, 1.165) is 64.7 Å². The standard InChI is InChI=1S/C28H44N8O9/c37-15-11-35(12-16-38)27-29-19-20(23(31-27)33-7-3-1-4-8-33)30-28(32-24(19)34-9-5-2-6-10-34)36(13-17-39)14-18-45-26(44)22(41)21(40)25(42)43/h21-22,37-41H,1-18H2,(H,42,43)/t21-,22-/m0/s1. The zero-order valence-electron chi connectivity index (χ0n) is 25.4. The first-order valence-electron chi connectivity index (χ1n) is 15.5. The lowest BCUT2D eigenvalue weighted by atomic mass is 10.1. The lowest BCUT2D eigenvalue weighted by Gasteiger charge is -2.33. The maximum Gasteiger partial charge on any atom is 0.338 e. The van der Waals surface area contributed by atoms with Crippen LogP contribution in [0.3, 0.4) is 0 Å². The van der Waals surface area contributed by atoms with E-state index in [4.69, 9.17) is 29.8 Å². The predicted molar refractivity (Wildman–Crippen MR) is 164 cm³/mol. The largest absolute Gasteiger partial charge is 0.479 e. The molecular formula is C28H44N8O9. The number of anilines is 4. The molecule has 2 aliphatic rings. The zero-order valence-corrected chi connectivity index (χ0v) is 25.4. The number of ether oxygens (including phenoxy) is 1. The summed E-state index contributed by atoms with van der Waals surface area (Å²) in [6.45, 7) is 2.61. The van der Waals surface area contributed by atoms with Gasteiger partial charge in [0.25, 0.3) is 0 Å². The first-order chi connectivity index (χ1) is 21.8. The molecule has 2 aliphatic heterocycles. The SMILES string of the molecule is O=C(O)[C@@H](O)[C@H](O)C(=O)OCCN(CCO)c1nc(N2CCCCC2)c2nc(N(CCO)CCO)nc(N3CCCCC3)c2n1. The molecule has 250 valence electrons. The summed E-state index contributed by atoms with van der Waals surface area (Å²) in [7, 11) is 0. The smallest absolute Gasteiger partial charge is 0.338 e. The van der Waals surface area contributed by atoms with Gasteiger partial charge < -0.3 is 55.0 Å². The Morgan fingerprint density at radius 2 is 1.09 bits per heavy atom. The number of nitrogens with zero attached hydrogens (tertiary/aromatic N) is 8. The van der Waals surface area contributed by atoms with E-state index in [9.17, 15) is 35.1 Å². The van der Waals surface area contributed by atoms with Crippen molar-refractivity contribution in [1.82, 2.24) is 19.9 Å². The Hall–Kier alpha value is -3.64. The fraction of sp³-hybridized carbons (Fsp3) is 0.714. The highest BCUT2D eigenvalue weighted by atomic mass is 16.6. The number of aliphatic carboxylic acids is 1. The van der Waals surface area contributed by atoms with Gasteiger partial charge in [-0.2, -0.15) is 9.97 Å². The number of fused-ring (bicyclic) bond motifs is 1. The number of carbonyl (C=O) groups is 2. The molecule has 0 amide bonds. The molecule has 17 heteroatoms. The van der Waals surface area contributed by atoms with Crippen LogP contribution in [0.25, 0.3) is 11.0 Å². The maximum absolute atomic E-state index is 12.1. The lowest BCUT2D eigenvalue weighted by Crippen LogP contribution is -2.41. The Morgan fingerprint density at radius 3 is 1.49 bits per heavy atom. The molecule has 0 unspecified atom stereocenters. The van der Waals surface area contributed by atoms with Gasteiger partial charge in [0, 0.05) is 45.8 Å². The van der Waals surface area contributed by atoms with Gasteiger partial charge in [-0.25, -0.2) is 19.6 Å². The normalized spacial score (nSPS) is 16.8. The average molecular weight is 637 g/mol. The van der Waals surface area contributed by atoms with Crippen molar-refractivity contribution < 1.29 is 45.0 Å². The third-order valence-electron chi connectivity index (χ3n) is 7.87. The number of piperidine rings is 2. The summed E-state index contributed by atoms with van der Waals surface area (Å²) in [5.74, 6) is -1.31. The Kier molecular flexibility index (Phi) is 12.6. The average Bonchev–Trinajstić information content (AvgIpc) is 3.06. The van der Waals surface area contributed by atoms with Crippen molar-refractivity contribution in [3.05, 3.63) is 0 Å². The number of carbonyl (C=O) groups excluding carboxylic acids is 1. The summed E-state index contributed by atoms with van der Waals surface area (Å²) < 4.78 is 5.03. The van der Waals surface area contributed by atoms with Gasteiger partial charge in [0.1, 0.15) is 17.6 Å². The second kappa shape index (κ2) is 16.6. The fourth-order valence-corrected chi connectivity index (χ4v) is 5.49. The van der Waals surface area contributed by atoms with Gasteiger partial charge in [0.05, 0.1) is 26.4 Å². The molecule has 4 rings (SSSR count). The number of carboxylic acid groups (broad SMARTS) is 1. The van der Waals surface area contributed by atoms with Crippen LogP contribution < -0.4 is 19.6 Å². The van der Waals surface area contributed by atoms with Crippen molar-refractivity contribution in [3.63, 3.8) is 0 Å². The number of aromatic nitrogens is 4. The molecule has 0 aromatic carbocycles. The van der Waals surface area contributed by atoms with E-state index < -0.39 is 24.1 Å². The molecule has 0 spiro atoms. The van der Waals surface area contributed by atoms with Crippen molar-refractivity contribution in [3.8, 4) is 0 Å². The van der Waals surface area contributed by atoms with E-state index >= 15 is 0 Å². The van der Waals surface area contributed by atoms with Crippen LogP contribution in [-0.2, 0) is 14.3 Å². The number of esters is 1. The molecule has 2 saturated heterocycles. The van der Waals surface area contributed by atoms with Crippen LogP contribution in [0.2, 0.25) is 0 Å². The minimum Gasteiger partial charge on any atom is -0.479 e. The van der Waals surface area contributed by atoms with Crippen molar-refractivity contribution in [2.75, 3.05) is 98.4 Å². The fourth-order valence-electron chi connectivity index (χ4n) is 5.49. The van der Waals surface area contributed by atoms with E-state index in [2.05, 4.69) is 9.80 Å². The van der Waals surface area contributed by atoms with Crippen LogP contribution in [0.15, 0.2) is 0 Å². The Labute approximate surface area is 260 Å². The van der Waals surface area contributed by atoms with E-state index in [1.807, 2.05) is 0 Å². The second-order valence-electron chi connectivity index (χ2n) is 11.0. The molecule has 0 saturated carbocycles. The molecule has 6 N–H and O–H groups in total. The van der Waals surface area contributed by atoms with Gasteiger partial charge in [-0.1, -0.05) is 0 Å². The summed E-state index contributed by atoms with van der Waals surface area (Å²) in [6, 6.07) is 0. The first kappa shape index (κ1) is 34.2. The van der Waals surface area contributed by atoms with E-state index in [1.54, 1.807) is 9.80 Å². The quantitative estimate of drug-likeness (QED) is 0.113. The zero-order chi connectivity index (χ0) is 32.3. The molecule has 2 fully saturated rings. The molecular weight excluding hydrogens is 592 g/mol.